The second kappa shape index (κ2) is 4.49. The van der Waals surface area contributed by atoms with Gasteiger partial charge in [0.25, 0.3) is 5.89 Å². The summed E-state index contributed by atoms with van der Waals surface area (Å²) in [5.74, 6) is 1.64. The van der Waals surface area contributed by atoms with Gasteiger partial charge in [0.1, 0.15) is 11.5 Å². The zero-order valence-corrected chi connectivity index (χ0v) is 10.0. The molecule has 96 valence electrons. The third kappa shape index (κ3) is 2.03. The number of aromatic hydroxyl groups is 1. The van der Waals surface area contributed by atoms with E-state index >= 15 is 0 Å². The van der Waals surface area contributed by atoms with E-state index in [9.17, 15) is 5.11 Å². The Morgan fingerprint density at radius 2 is 2.16 bits per heavy atom. The number of furan rings is 1. The molecule has 1 N–H and O–H groups in total. The number of hydrogen-bond acceptors (Lipinski definition) is 6. The fourth-order valence-electron chi connectivity index (χ4n) is 1.65. The van der Waals surface area contributed by atoms with Crippen molar-refractivity contribution in [3.05, 3.63) is 36.6 Å². The van der Waals surface area contributed by atoms with Crippen LogP contribution in [0, 0.1) is 0 Å². The Morgan fingerprint density at radius 3 is 2.89 bits per heavy atom. The van der Waals surface area contributed by atoms with Crippen molar-refractivity contribution in [1.82, 2.24) is 10.1 Å². The van der Waals surface area contributed by atoms with Crippen LogP contribution in [0.15, 0.2) is 45.5 Å². The smallest absolute Gasteiger partial charge is 0.293 e. The Labute approximate surface area is 108 Å². The van der Waals surface area contributed by atoms with Crippen molar-refractivity contribution in [1.29, 1.82) is 0 Å². The van der Waals surface area contributed by atoms with E-state index in [4.69, 9.17) is 13.7 Å². The van der Waals surface area contributed by atoms with Crippen LogP contribution in [0.25, 0.3) is 23.0 Å². The lowest BCUT2D eigenvalue weighted by Crippen LogP contribution is -1.86. The van der Waals surface area contributed by atoms with E-state index in [2.05, 4.69) is 10.1 Å². The third-order valence-corrected chi connectivity index (χ3v) is 2.60. The normalized spacial score (nSPS) is 10.6. The van der Waals surface area contributed by atoms with Crippen molar-refractivity contribution in [2.75, 3.05) is 7.11 Å². The van der Waals surface area contributed by atoms with Crippen LogP contribution in [0.5, 0.6) is 11.5 Å². The summed E-state index contributed by atoms with van der Waals surface area (Å²) in [5.41, 5.74) is 0.431. The molecular weight excluding hydrogens is 248 g/mol. The molecule has 0 saturated heterocycles. The Morgan fingerprint density at radius 1 is 1.26 bits per heavy atom. The average molecular weight is 258 g/mol. The van der Waals surface area contributed by atoms with Gasteiger partial charge in [-0.1, -0.05) is 5.16 Å². The summed E-state index contributed by atoms with van der Waals surface area (Å²) in [6, 6.07) is 8.22. The summed E-state index contributed by atoms with van der Waals surface area (Å²) < 4.78 is 15.3. The van der Waals surface area contributed by atoms with Gasteiger partial charge >= 0.3 is 0 Å². The van der Waals surface area contributed by atoms with E-state index in [1.54, 1.807) is 31.4 Å². The number of rotatable bonds is 3. The summed E-state index contributed by atoms with van der Waals surface area (Å²) in [7, 11) is 1.54. The first-order valence-corrected chi connectivity index (χ1v) is 5.53. The van der Waals surface area contributed by atoms with E-state index in [0.717, 1.165) is 0 Å². The molecule has 0 unspecified atom stereocenters. The molecule has 2 heterocycles. The Balaban J connectivity index is 2.03. The van der Waals surface area contributed by atoms with E-state index in [1.165, 1.54) is 12.3 Å². The molecule has 3 rings (SSSR count). The van der Waals surface area contributed by atoms with Crippen LogP contribution in [-0.2, 0) is 0 Å². The number of hydrogen-bond donors (Lipinski definition) is 1. The topological polar surface area (TPSA) is 81.5 Å². The summed E-state index contributed by atoms with van der Waals surface area (Å²) >= 11 is 0. The van der Waals surface area contributed by atoms with Crippen molar-refractivity contribution in [2.24, 2.45) is 0 Å². The van der Waals surface area contributed by atoms with Crippen molar-refractivity contribution in [2.45, 2.75) is 0 Å². The maximum Gasteiger partial charge on any atom is 0.293 e. The van der Waals surface area contributed by atoms with Crippen LogP contribution >= 0.6 is 0 Å². The lowest BCUT2D eigenvalue weighted by Gasteiger charge is -2.03. The molecule has 0 aliphatic carbocycles. The lowest BCUT2D eigenvalue weighted by atomic mass is 10.2. The van der Waals surface area contributed by atoms with Gasteiger partial charge in [0, 0.05) is 0 Å². The lowest BCUT2D eigenvalue weighted by molar-refractivity contribution is 0.410. The molecule has 0 spiro atoms. The SMILES string of the molecule is COc1ccc(O)c(-c2noc(-c3ccco3)n2)c1. The molecule has 0 radical (unpaired) electrons. The fourth-order valence-corrected chi connectivity index (χ4v) is 1.65. The van der Waals surface area contributed by atoms with Crippen LogP contribution in [-0.4, -0.2) is 22.4 Å². The maximum absolute atomic E-state index is 9.82. The Bertz CT molecular complexity index is 688. The number of nitrogens with zero attached hydrogens (tertiary/aromatic N) is 2. The molecule has 19 heavy (non-hydrogen) atoms. The van der Waals surface area contributed by atoms with Crippen molar-refractivity contribution < 1.29 is 18.8 Å². The van der Waals surface area contributed by atoms with Crippen LogP contribution in [0.1, 0.15) is 0 Å². The molecule has 2 aromatic heterocycles. The number of phenols is 1. The third-order valence-electron chi connectivity index (χ3n) is 2.60. The Hall–Kier alpha value is -2.76. The first-order valence-electron chi connectivity index (χ1n) is 5.53. The number of ether oxygens (including phenoxy) is 1. The van der Waals surface area contributed by atoms with Gasteiger partial charge in [0.2, 0.25) is 5.82 Å². The highest BCUT2D eigenvalue weighted by Gasteiger charge is 2.15. The highest BCUT2D eigenvalue weighted by molar-refractivity contribution is 5.66. The Kier molecular flexibility index (Phi) is 2.68. The number of benzene rings is 1. The maximum atomic E-state index is 9.82. The minimum absolute atomic E-state index is 0.0487. The summed E-state index contributed by atoms with van der Waals surface area (Å²) in [6.07, 6.45) is 1.52. The van der Waals surface area contributed by atoms with Gasteiger partial charge in [-0.3, -0.25) is 0 Å². The number of phenolic OH excluding ortho intramolecular Hbond substituents is 1. The predicted molar refractivity (Wildman–Crippen MR) is 65.7 cm³/mol. The molecule has 3 aromatic rings. The van der Waals surface area contributed by atoms with Crippen LogP contribution in [0.4, 0.5) is 0 Å². The molecule has 1 aromatic carbocycles. The first-order chi connectivity index (χ1) is 9.28. The summed E-state index contributed by atoms with van der Waals surface area (Å²) in [4.78, 5) is 4.17. The van der Waals surface area contributed by atoms with Gasteiger partial charge in [0.15, 0.2) is 5.76 Å². The summed E-state index contributed by atoms with van der Waals surface area (Å²) in [6.45, 7) is 0. The molecule has 0 aliphatic heterocycles. The monoisotopic (exact) mass is 258 g/mol. The fraction of sp³-hybridized carbons (Fsp3) is 0.0769. The molecule has 0 aliphatic rings. The van der Waals surface area contributed by atoms with Gasteiger partial charge in [-0.15, -0.1) is 0 Å². The second-order valence-corrected chi connectivity index (χ2v) is 3.78. The summed E-state index contributed by atoms with van der Waals surface area (Å²) in [5, 5.41) is 13.6. The average Bonchev–Trinajstić information content (AvgIpc) is 3.10. The zero-order valence-electron chi connectivity index (χ0n) is 10.0. The van der Waals surface area contributed by atoms with Crippen molar-refractivity contribution in [3.63, 3.8) is 0 Å². The highest BCUT2D eigenvalue weighted by Crippen LogP contribution is 2.32. The minimum Gasteiger partial charge on any atom is -0.507 e. The predicted octanol–water partition coefficient (Wildman–Crippen LogP) is 2.71. The quantitative estimate of drug-likeness (QED) is 0.777. The second-order valence-electron chi connectivity index (χ2n) is 3.78. The molecule has 0 atom stereocenters. The highest BCUT2D eigenvalue weighted by atomic mass is 16.5. The van der Waals surface area contributed by atoms with E-state index < -0.39 is 0 Å². The molecule has 6 nitrogen and oxygen atoms in total. The van der Waals surface area contributed by atoms with E-state index in [1.807, 2.05) is 0 Å². The molecule has 0 amide bonds. The van der Waals surface area contributed by atoms with Crippen molar-refractivity contribution >= 4 is 0 Å². The molecule has 6 heteroatoms. The van der Waals surface area contributed by atoms with Crippen LogP contribution < -0.4 is 4.74 Å². The number of methoxy groups -OCH3 is 1. The van der Waals surface area contributed by atoms with Gasteiger partial charge in [-0.05, 0) is 30.3 Å². The zero-order chi connectivity index (χ0) is 13.2. The van der Waals surface area contributed by atoms with Crippen LogP contribution in [0.2, 0.25) is 0 Å². The molecular formula is C13H10N2O4. The minimum atomic E-state index is 0.0487. The molecule has 0 fully saturated rings. The number of aromatic nitrogens is 2. The van der Waals surface area contributed by atoms with Gasteiger partial charge in [-0.25, -0.2) is 0 Å². The molecule has 0 saturated carbocycles. The van der Waals surface area contributed by atoms with Gasteiger partial charge < -0.3 is 18.8 Å². The molecule has 0 bridgehead atoms. The largest absolute Gasteiger partial charge is 0.507 e. The van der Waals surface area contributed by atoms with Crippen molar-refractivity contribution in [3.8, 4) is 34.5 Å². The van der Waals surface area contributed by atoms with E-state index in [-0.39, 0.29) is 17.5 Å². The first kappa shape index (κ1) is 11.3. The van der Waals surface area contributed by atoms with Gasteiger partial charge in [-0.2, -0.15) is 4.98 Å². The van der Waals surface area contributed by atoms with E-state index in [0.29, 0.717) is 17.1 Å². The van der Waals surface area contributed by atoms with Crippen LogP contribution in [0.3, 0.4) is 0 Å². The van der Waals surface area contributed by atoms with Gasteiger partial charge in [0.05, 0.1) is 18.9 Å². The standard InChI is InChI=1S/C13H10N2O4/c1-17-8-4-5-10(16)9(7-8)12-14-13(19-15-12)11-3-2-6-18-11/h2-7,16H,1H3.